The molecule has 0 spiro atoms. The molecule has 0 aromatic rings. The molecule has 0 fully saturated rings. The molecule has 12 heavy (non-hydrogen) atoms. The largest absolute Gasteiger partial charge is 0.446 e. The predicted molar refractivity (Wildman–Crippen MR) is 50.7 cm³/mol. The van der Waals surface area contributed by atoms with Gasteiger partial charge in [0.05, 0.1) is 0 Å². The van der Waals surface area contributed by atoms with Gasteiger partial charge in [-0.25, -0.2) is 0 Å². The number of nitrogens with zero attached hydrogens (tertiary/aromatic N) is 1. The van der Waals surface area contributed by atoms with Crippen LogP contribution in [0.25, 0.3) is 0 Å². The van der Waals surface area contributed by atoms with E-state index < -0.39 is 6.10 Å². The van der Waals surface area contributed by atoms with Crippen molar-refractivity contribution in [1.29, 1.82) is 0 Å². The fraction of sp³-hybridized carbons (Fsp3) is 0.500. The molecule has 0 aliphatic rings. The Hall–Kier alpha value is -1.08. The average molecular weight is 185 g/mol. The van der Waals surface area contributed by atoms with Crippen LogP contribution in [0.2, 0.25) is 0 Å². The Morgan fingerprint density at radius 1 is 1.67 bits per heavy atom. The molecule has 1 atom stereocenters. The van der Waals surface area contributed by atoms with E-state index in [4.69, 9.17) is 23.4 Å². The maximum Gasteiger partial charge on any atom is 0.260 e. The zero-order chi connectivity index (χ0) is 9.72. The van der Waals surface area contributed by atoms with Gasteiger partial charge in [0.15, 0.2) is 5.78 Å². The molecule has 0 heterocycles. The maximum absolute atomic E-state index is 10.8. The van der Waals surface area contributed by atoms with Gasteiger partial charge in [-0.3, -0.25) is 4.79 Å². The van der Waals surface area contributed by atoms with Gasteiger partial charge in [-0.1, -0.05) is 5.92 Å². The minimum Gasteiger partial charge on any atom is -0.446 e. The lowest BCUT2D eigenvalue weighted by Crippen LogP contribution is -2.30. The van der Waals surface area contributed by atoms with E-state index in [0.717, 1.165) is 0 Å². The van der Waals surface area contributed by atoms with Crippen LogP contribution in [-0.4, -0.2) is 36.1 Å². The van der Waals surface area contributed by atoms with Crippen LogP contribution in [0.4, 0.5) is 0 Å². The Morgan fingerprint density at radius 2 is 2.17 bits per heavy atom. The molecule has 0 saturated carbocycles. The van der Waals surface area contributed by atoms with Crippen LogP contribution >= 0.6 is 12.2 Å². The Balaban J connectivity index is 4.15. The molecule has 0 aliphatic heterocycles. The van der Waals surface area contributed by atoms with Crippen LogP contribution in [0, 0.1) is 12.3 Å². The van der Waals surface area contributed by atoms with E-state index in [0.29, 0.717) is 0 Å². The molecular weight excluding hydrogens is 174 g/mol. The minimum atomic E-state index is -0.861. The summed E-state index contributed by atoms with van der Waals surface area (Å²) in [6, 6.07) is 0. The van der Waals surface area contributed by atoms with E-state index in [1.54, 1.807) is 19.0 Å². The average Bonchev–Trinajstić information content (AvgIpc) is 1.98. The van der Waals surface area contributed by atoms with Gasteiger partial charge < -0.3 is 9.64 Å². The molecule has 0 radical (unpaired) electrons. The molecule has 0 aliphatic carbocycles. The summed E-state index contributed by atoms with van der Waals surface area (Å²) in [5.41, 5.74) is 0. The van der Waals surface area contributed by atoms with Crippen molar-refractivity contribution >= 4 is 23.2 Å². The summed E-state index contributed by atoms with van der Waals surface area (Å²) in [7, 11) is 3.44. The predicted octanol–water partition coefficient (Wildman–Crippen LogP) is 0.440. The van der Waals surface area contributed by atoms with Crippen LogP contribution in [0.15, 0.2) is 0 Å². The lowest BCUT2D eigenvalue weighted by atomic mass is 10.3. The van der Waals surface area contributed by atoms with Gasteiger partial charge in [-0.2, -0.15) is 0 Å². The molecule has 0 rings (SSSR count). The first kappa shape index (κ1) is 10.9. The normalized spacial score (nSPS) is 11.2. The zero-order valence-electron chi connectivity index (χ0n) is 7.33. The highest BCUT2D eigenvalue weighted by atomic mass is 32.1. The smallest absolute Gasteiger partial charge is 0.260 e. The van der Waals surface area contributed by atoms with E-state index in [1.165, 1.54) is 6.92 Å². The first-order chi connectivity index (χ1) is 5.49. The fourth-order valence-electron chi connectivity index (χ4n) is 0.441. The summed E-state index contributed by atoms with van der Waals surface area (Å²) >= 11 is 4.80. The maximum atomic E-state index is 10.8. The molecule has 4 heteroatoms. The van der Waals surface area contributed by atoms with E-state index in [9.17, 15) is 4.79 Å². The molecule has 3 nitrogen and oxygen atoms in total. The third-order valence-corrected chi connectivity index (χ3v) is 1.57. The van der Waals surface area contributed by atoms with Gasteiger partial charge in [0.25, 0.3) is 5.17 Å². The molecule has 0 bridgehead atoms. The lowest BCUT2D eigenvalue weighted by Gasteiger charge is -2.16. The van der Waals surface area contributed by atoms with Gasteiger partial charge in [-0.05, 0) is 19.1 Å². The molecule has 0 aromatic heterocycles. The Bertz CT molecular complexity index is 230. The molecule has 0 aromatic carbocycles. The first-order valence-electron chi connectivity index (χ1n) is 3.33. The Kier molecular flexibility index (Phi) is 4.30. The molecular formula is C8H11NO2S. The molecule has 66 valence electrons. The number of ketones is 1. The van der Waals surface area contributed by atoms with Gasteiger partial charge in [0.1, 0.15) is 0 Å². The quantitative estimate of drug-likeness (QED) is 0.461. The van der Waals surface area contributed by atoms with Crippen molar-refractivity contribution in [3.8, 4) is 12.3 Å². The highest BCUT2D eigenvalue weighted by Gasteiger charge is 2.14. The number of carbonyl (C=O) groups excluding carboxylic acids is 1. The van der Waals surface area contributed by atoms with Crippen LogP contribution in [0.3, 0.4) is 0 Å². The summed E-state index contributed by atoms with van der Waals surface area (Å²) < 4.78 is 4.99. The van der Waals surface area contributed by atoms with Gasteiger partial charge in [0, 0.05) is 14.1 Å². The number of Topliss-reactive ketones (excluding diaryl/α,β-unsaturated/α-hetero) is 1. The Labute approximate surface area is 77.7 Å². The molecule has 0 saturated heterocycles. The van der Waals surface area contributed by atoms with Gasteiger partial charge in [-0.15, -0.1) is 6.42 Å². The van der Waals surface area contributed by atoms with Crippen LogP contribution in [0.1, 0.15) is 6.92 Å². The SMILES string of the molecule is C#CC(OC(=S)N(C)C)C(C)=O. The van der Waals surface area contributed by atoms with Crippen LogP contribution in [-0.2, 0) is 9.53 Å². The highest BCUT2D eigenvalue weighted by molar-refractivity contribution is 7.80. The van der Waals surface area contributed by atoms with Gasteiger partial charge in [0.2, 0.25) is 6.10 Å². The van der Waals surface area contributed by atoms with Crippen LogP contribution in [0.5, 0.6) is 0 Å². The first-order valence-corrected chi connectivity index (χ1v) is 3.74. The molecule has 0 amide bonds. The summed E-state index contributed by atoms with van der Waals surface area (Å²) in [6.45, 7) is 1.36. The van der Waals surface area contributed by atoms with Crippen LogP contribution < -0.4 is 0 Å². The second-order valence-corrected chi connectivity index (χ2v) is 2.78. The second kappa shape index (κ2) is 4.73. The molecule has 0 N–H and O–H groups in total. The number of thiocarbonyl (C=S) groups is 1. The van der Waals surface area contributed by atoms with Crippen molar-refractivity contribution in [1.82, 2.24) is 4.90 Å². The van der Waals surface area contributed by atoms with Crippen molar-refractivity contribution < 1.29 is 9.53 Å². The highest BCUT2D eigenvalue weighted by Crippen LogP contribution is 1.96. The van der Waals surface area contributed by atoms with E-state index in [-0.39, 0.29) is 11.0 Å². The number of hydrogen-bond acceptors (Lipinski definition) is 3. The summed E-state index contributed by atoms with van der Waals surface area (Å²) in [6.07, 6.45) is 4.19. The second-order valence-electron chi connectivity index (χ2n) is 2.44. The monoisotopic (exact) mass is 185 g/mol. The fourth-order valence-corrected chi connectivity index (χ4v) is 0.537. The van der Waals surface area contributed by atoms with E-state index in [1.807, 2.05) is 0 Å². The number of carbonyl (C=O) groups is 1. The number of rotatable bonds is 2. The Morgan fingerprint density at radius 3 is 2.42 bits per heavy atom. The topological polar surface area (TPSA) is 29.5 Å². The summed E-state index contributed by atoms with van der Waals surface area (Å²) in [4.78, 5) is 12.4. The van der Waals surface area contributed by atoms with Crippen molar-refractivity contribution in [2.45, 2.75) is 13.0 Å². The third kappa shape index (κ3) is 3.35. The van der Waals surface area contributed by atoms with E-state index >= 15 is 0 Å². The lowest BCUT2D eigenvalue weighted by molar-refractivity contribution is -0.121. The van der Waals surface area contributed by atoms with Gasteiger partial charge >= 0.3 is 0 Å². The third-order valence-electron chi connectivity index (χ3n) is 1.10. The number of ether oxygens (including phenoxy) is 1. The number of hydrogen-bond donors (Lipinski definition) is 0. The molecule has 1 unspecified atom stereocenters. The summed E-state index contributed by atoms with van der Waals surface area (Å²) in [5, 5.41) is 0.216. The van der Waals surface area contributed by atoms with Crippen molar-refractivity contribution in [3.63, 3.8) is 0 Å². The van der Waals surface area contributed by atoms with E-state index in [2.05, 4.69) is 5.92 Å². The van der Waals surface area contributed by atoms with Crippen molar-refractivity contribution in [2.24, 2.45) is 0 Å². The zero-order valence-corrected chi connectivity index (χ0v) is 8.14. The number of terminal acetylenes is 1. The van der Waals surface area contributed by atoms with Crippen molar-refractivity contribution in [2.75, 3.05) is 14.1 Å². The minimum absolute atomic E-state index is 0.216. The van der Waals surface area contributed by atoms with Crippen molar-refractivity contribution in [3.05, 3.63) is 0 Å². The standard InChI is InChI=1S/C8H11NO2S/c1-5-7(6(2)10)11-8(12)9(3)4/h1,7H,2-4H3. The summed E-state index contributed by atoms with van der Waals surface area (Å²) in [5.74, 6) is 1.98.